The Kier molecular flexibility index (Phi) is 11.5. The summed E-state index contributed by atoms with van der Waals surface area (Å²) in [7, 11) is 0. The summed E-state index contributed by atoms with van der Waals surface area (Å²) in [5.74, 6) is 0. The number of hydrogen-bond donors (Lipinski definition) is 1. The highest BCUT2D eigenvalue weighted by Gasteiger charge is 1.84. The minimum absolute atomic E-state index is 0.780. The van der Waals surface area contributed by atoms with Gasteiger partial charge in [0.25, 0.3) is 0 Å². The van der Waals surface area contributed by atoms with E-state index in [1.807, 2.05) is 30.5 Å². The molecule has 0 spiro atoms. The van der Waals surface area contributed by atoms with Gasteiger partial charge in [0, 0.05) is 6.20 Å². The van der Waals surface area contributed by atoms with E-state index in [9.17, 15) is 0 Å². The first-order chi connectivity index (χ1) is 7.81. The molecule has 16 heavy (non-hydrogen) atoms. The number of allylic oxidation sites excluding steroid dienone is 1. The first kappa shape index (κ1) is 15.1. The zero-order chi connectivity index (χ0) is 12.1. The molecule has 1 nitrogen and oxygen atoms in total. The van der Waals surface area contributed by atoms with Crippen molar-refractivity contribution >= 4 is 12.2 Å². The molecular weight excluding hydrogens is 214 g/mol. The van der Waals surface area contributed by atoms with Gasteiger partial charge in [0.1, 0.15) is 4.64 Å². The van der Waals surface area contributed by atoms with Gasteiger partial charge in [0.15, 0.2) is 0 Å². The van der Waals surface area contributed by atoms with Gasteiger partial charge in [-0.3, -0.25) is 0 Å². The third-order valence-corrected chi connectivity index (χ3v) is 2.45. The Bertz CT molecular complexity index is 286. The highest BCUT2D eigenvalue weighted by molar-refractivity contribution is 7.71. The molecule has 1 aromatic heterocycles. The van der Waals surface area contributed by atoms with Gasteiger partial charge in [-0.2, -0.15) is 0 Å². The quantitative estimate of drug-likeness (QED) is 0.404. The molecule has 0 aliphatic carbocycles. The molecule has 1 heterocycles. The van der Waals surface area contributed by atoms with Crippen LogP contribution in [0.3, 0.4) is 0 Å². The molecule has 90 valence electrons. The maximum atomic E-state index is 4.76. The Morgan fingerprint density at radius 3 is 2.44 bits per heavy atom. The van der Waals surface area contributed by atoms with Gasteiger partial charge in [-0.15, -0.1) is 6.58 Å². The van der Waals surface area contributed by atoms with E-state index in [1.54, 1.807) is 0 Å². The third kappa shape index (κ3) is 11.2. The fourth-order valence-corrected chi connectivity index (χ4v) is 1.42. The zero-order valence-corrected chi connectivity index (χ0v) is 11.1. The molecule has 0 aliphatic heterocycles. The number of aromatic nitrogens is 1. The smallest absolute Gasteiger partial charge is 0.103 e. The highest BCUT2D eigenvalue weighted by atomic mass is 32.1. The molecule has 1 N–H and O–H groups in total. The van der Waals surface area contributed by atoms with Crippen LogP contribution in [-0.2, 0) is 0 Å². The predicted octanol–water partition coefficient (Wildman–Crippen LogP) is 5.28. The topological polar surface area (TPSA) is 15.8 Å². The molecule has 0 aromatic carbocycles. The van der Waals surface area contributed by atoms with Crippen molar-refractivity contribution in [1.82, 2.24) is 4.98 Å². The molecule has 0 aliphatic rings. The van der Waals surface area contributed by atoms with E-state index in [0.29, 0.717) is 0 Å². The molecule has 0 amide bonds. The van der Waals surface area contributed by atoms with E-state index in [4.69, 9.17) is 12.2 Å². The first-order valence-corrected chi connectivity index (χ1v) is 6.46. The summed E-state index contributed by atoms with van der Waals surface area (Å²) < 4.78 is 0.780. The third-order valence-electron chi connectivity index (χ3n) is 2.19. The standard InChI is InChI=1S/C9H18.C5H5NS/c1-3-5-7-9-8-6-4-2;7-5-3-1-2-4-6-5/h3H,1,4-9H2,2H3;1-4H,(H,6,7). The Morgan fingerprint density at radius 2 is 2.00 bits per heavy atom. The normalized spacial score (nSPS) is 9.06. The molecule has 1 aromatic rings. The van der Waals surface area contributed by atoms with Crippen LogP contribution >= 0.6 is 12.2 Å². The van der Waals surface area contributed by atoms with E-state index in [2.05, 4.69) is 18.5 Å². The van der Waals surface area contributed by atoms with E-state index < -0.39 is 0 Å². The predicted molar refractivity (Wildman–Crippen MR) is 75.2 cm³/mol. The molecule has 2 heteroatoms. The van der Waals surface area contributed by atoms with Crippen LogP contribution in [0.5, 0.6) is 0 Å². The van der Waals surface area contributed by atoms with Crippen molar-refractivity contribution in [2.75, 3.05) is 0 Å². The Labute approximate surface area is 105 Å². The molecule has 0 fully saturated rings. The van der Waals surface area contributed by atoms with Crippen molar-refractivity contribution in [3.05, 3.63) is 41.7 Å². The van der Waals surface area contributed by atoms with Gasteiger partial charge >= 0.3 is 0 Å². The molecule has 0 bridgehead atoms. The van der Waals surface area contributed by atoms with Gasteiger partial charge in [-0.05, 0) is 25.0 Å². The lowest BCUT2D eigenvalue weighted by atomic mass is 10.1. The van der Waals surface area contributed by atoms with E-state index in [-0.39, 0.29) is 0 Å². The molecule has 1 rings (SSSR count). The largest absolute Gasteiger partial charge is 0.353 e. The number of H-pyrrole nitrogens is 1. The fraction of sp³-hybridized carbons (Fsp3) is 0.500. The maximum absolute atomic E-state index is 4.76. The van der Waals surface area contributed by atoms with Crippen molar-refractivity contribution in [2.45, 2.75) is 45.4 Å². The molecule has 0 saturated heterocycles. The van der Waals surface area contributed by atoms with Gasteiger partial charge < -0.3 is 4.98 Å². The molecule has 0 saturated carbocycles. The fourth-order valence-electron chi connectivity index (χ4n) is 1.27. The molecule has 0 atom stereocenters. The molecular formula is C14H23NS. The summed E-state index contributed by atoms with van der Waals surface area (Å²) in [5, 5.41) is 0. The van der Waals surface area contributed by atoms with Crippen LogP contribution in [0.2, 0.25) is 0 Å². The summed E-state index contributed by atoms with van der Waals surface area (Å²) in [6.07, 6.45) is 11.9. The lowest BCUT2D eigenvalue weighted by molar-refractivity contribution is 0.638. The van der Waals surface area contributed by atoms with Gasteiger partial charge in [-0.25, -0.2) is 0 Å². The molecule has 0 radical (unpaired) electrons. The minimum Gasteiger partial charge on any atom is -0.353 e. The van der Waals surface area contributed by atoms with Crippen molar-refractivity contribution < 1.29 is 0 Å². The van der Waals surface area contributed by atoms with Crippen LogP contribution in [-0.4, -0.2) is 4.98 Å². The van der Waals surface area contributed by atoms with Gasteiger partial charge in [-0.1, -0.05) is 57.0 Å². The van der Waals surface area contributed by atoms with Crippen LogP contribution in [0, 0.1) is 4.64 Å². The number of nitrogens with one attached hydrogen (secondary N) is 1. The van der Waals surface area contributed by atoms with Crippen LogP contribution in [0.1, 0.15) is 45.4 Å². The van der Waals surface area contributed by atoms with Crippen LogP contribution in [0.4, 0.5) is 0 Å². The molecule has 0 unspecified atom stereocenters. The number of pyridine rings is 1. The minimum atomic E-state index is 0.780. The monoisotopic (exact) mass is 237 g/mol. The number of aromatic amines is 1. The average molecular weight is 237 g/mol. The van der Waals surface area contributed by atoms with Crippen LogP contribution < -0.4 is 0 Å². The van der Waals surface area contributed by atoms with E-state index in [0.717, 1.165) is 4.64 Å². The Hall–Kier alpha value is -0.890. The Balaban J connectivity index is 0.000000288. The van der Waals surface area contributed by atoms with E-state index >= 15 is 0 Å². The van der Waals surface area contributed by atoms with Crippen molar-refractivity contribution in [1.29, 1.82) is 0 Å². The lowest BCUT2D eigenvalue weighted by Gasteiger charge is -1.94. The average Bonchev–Trinajstić information content (AvgIpc) is 2.31. The second kappa shape index (κ2) is 12.2. The summed E-state index contributed by atoms with van der Waals surface area (Å²) >= 11 is 4.76. The number of rotatable bonds is 6. The second-order valence-corrected chi connectivity index (χ2v) is 4.16. The summed E-state index contributed by atoms with van der Waals surface area (Å²) in [6.45, 7) is 5.92. The highest BCUT2D eigenvalue weighted by Crippen LogP contribution is 2.04. The maximum Gasteiger partial charge on any atom is 0.103 e. The lowest BCUT2D eigenvalue weighted by Crippen LogP contribution is -1.74. The van der Waals surface area contributed by atoms with Crippen molar-refractivity contribution in [3.63, 3.8) is 0 Å². The zero-order valence-electron chi connectivity index (χ0n) is 10.2. The van der Waals surface area contributed by atoms with Crippen molar-refractivity contribution in [3.8, 4) is 0 Å². The number of hydrogen-bond acceptors (Lipinski definition) is 1. The Morgan fingerprint density at radius 1 is 1.25 bits per heavy atom. The summed E-state index contributed by atoms with van der Waals surface area (Å²) in [6, 6.07) is 5.64. The SMILES string of the molecule is C=CCCCCCCC.S=c1cccc[nH]1. The van der Waals surface area contributed by atoms with Crippen LogP contribution in [0.25, 0.3) is 0 Å². The van der Waals surface area contributed by atoms with Crippen LogP contribution in [0.15, 0.2) is 37.1 Å². The number of unbranched alkanes of at least 4 members (excludes halogenated alkanes) is 5. The summed E-state index contributed by atoms with van der Waals surface area (Å²) in [5.41, 5.74) is 0. The summed E-state index contributed by atoms with van der Waals surface area (Å²) in [4.78, 5) is 2.85. The van der Waals surface area contributed by atoms with E-state index in [1.165, 1.54) is 38.5 Å². The van der Waals surface area contributed by atoms with Crippen molar-refractivity contribution in [2.24, 2.45) is 0 Å². The second-order valence-electron chi connectivity index (χ2n) is 3.72. The first-order valence-electron chi connectivity index (χ1n) is 6.06. The van der Waals surface area contributed by atoms with Gasteiger partial charge in [0.05, 0.1) is 0 Å². The van der Waals surface area contributed by atoms with Gasteiger partial charge in [0.2, 0.25) is 0 Å².